The van der Waals surface area contributed by atoms with E-state index in [2.05, 4.69) is 0 Å². The molecule has 0 aromatic heterocycles. The second-order valence-electron chi connectivity index (χ2n) is 3.48. The van der Waals surface area contributed by atoms with Crippen molar-refractivity contribution < 1.29 is 9.53 Å². The number of rotatable bonds is 1. The zero-order valence-electron chi connectivity index (χ0n) is 10.1. The minimum absolute atomic E-state index is 0.0268. The average Bonchev–Trinajstić information content (AvgIpc) is 2.36. The standard InChI is InChI=1S/C11H13NO2.C2H6/c1-12-7-10(14-8-11(12)13)9-5-3-2-4-6-9;1-2/h2-6,10H,7-8H2,1H3;1-2H3. The molecule has 2 rings (SSSR count). The van der Waals surface area contributed by atoms with E-state index in [1.54, 1.807) is 11.9 Å². The molecule has 0 aliphatic carbocycles. The SMILES string of the molecule is CC.CN1CC(c2ccccc2)OCC1=O. The van der Waals surface area contributed by atoms with Gasteiger partial charge >= 0.3 is 0 Å². The van der Waals surface area contributed by atoms with Crippen LogP contribution >= 0.6 is 0 Å². The summed E-state index contributed by atoms with van der Waals surface area (Å²) in [5.41, 5.74) is 1.13. The minimum atomic E-state index is 0.0268. The Hall–Kier alpha value is -1.35. The van der Waals surface area contributed by atoms with Gasteiger partial charge in [-0.25, -0.2) is 0 Å². The van der Waals surface area contributed by atoms with Crippen molar-refractivity contribution >= 4 is 5.91 Å². The molecule has 1 atom stereocenters. The molecule has 1 aliphatic heterocycles. The summed E-state index contributed by atoms with van der Waals surface area (Å²) in [7, 11) is 1.81. The summed E-state index contributed by atoms with van der Waals surface area (Å²) in [6, 6.07) is 9.98. The number of hydrogen-bond donors (Lipinski definition) is 0. The fourth-order valence-corrected chi connectivity index (χ4v) is 1.55. The van der Waals surface area contributed by atoms with E-state index in [1.165, 1.54) is 0 Å². The van der Waals surface area contributed by atoms with E-state index in [0.29, 0.717) is 6.54 Å². The number of morpholine rings is 1. The smallest absolute Gasteiger partial charge is 0.248 e. The number of amides is 1. The van der Waals surface area contributed by atoms with Crippen LogP contribution in [-0.4, -0.2) is 31.0 Å². The molecule has 1 fully saturated rings. The number of carbonyl (C=O) groups is 1. The quantitative estimate of drug-likeness (QED) is 0.728. The number of hydrogen-bond acceptors (Lipinski definition) is 2. The molecular weight excluding hydrogens is 202 g/mol. The van der Waals surface area contributed by atoms with Crippen molar-refractivity contribution in [3.05, 3.63) is 35.9 Å². The van der Waals surface area contributed by atoms with Crippen LogP contribution in [-0.2, 0) is 9.53 Å². The summed E-state index contributed by atoms with van der Waals surface area (Å²) >= 11 is 0. The number of nitrogens with zero attached hydrogens (tertiary/aromatic N) is 1. The van der Waals surface area contributed by atoms with Crippen LogP contribution in [0.1, 0.15) is 25.5 Å². The van der Waals surface area contributed by atoms with Crippen LogP contribution in [0, 0.1) is 0 Å². The highest BCUT2D eigenvalue weighted by Gasteiger charge is 2.24. The zero-order valence-corrected chi connectivity index (χ0v) is 10.1. The molecule has 0 saturated carbocycles. The molecule has 0 radical (unpaired) electrons. The Kier molecular flexibility index (Phi) is 4.99. The summed E-state index contributed by atoms with van der Waals surface area (Å²) in [6.07, 6.45) is 0.0268. The van der Waals surface area contributed by atoms with Gasteiger partial charge in [0.25, 0.3) is 0 Å². The van der Waals surface area contributed by atoms with Crippen LogP contribution in [0.2, 0.25) is 0 Å². The molecule has 3 nitrogen and oxygen atoms in total. The van der Waals surface area contributed by atoms with Gasteiger partial charge in [0.05, 0.1) is 6.54 Å². The van der Waals surface area contributed by atoms with Crippen molar-refractivity contribution in [3.63, 3.8) is 0 Å². The Morgan fingerprint density at radius 1 is 1.25 bits per heavy atom. The highest BCUT2D eigenvalue weighted by molar-refractivity contribution is 5.77. The fourth-order valence-electron chi connectivity index (χ4n) is 1.55. The molecule has 88 valence electrons. The van der Waals surface area contributed by atoms with Gasteiger partial charge in [0, 0.05) is 7.05 Å². The molecular formula is C13H19NO2. The highest BCUT2D eigenvalue weighted by Crippen LogP contribution is 2.21. The molecule has 1 aromatic rings. The van der Waals surface area contributed by atoms with E-state index in [4.69, 9.17) is 4.74 Å². The first kappa shape index (κ1) is 12.7. The first-order valence-electron chi connectivity index (χ1n) is 5.68. The van der Waals surface area contributed by atoms with E-state index >= 15 is 0 Å². The molecule has 0 bridgehead atoms. The lowest BCUT2D eigenvalue weighted by Gasteiger charge is -2.30. The second-order valence-corrected chi connectivity index (χ2v) is 3.48. The molecule has 16 heavy (non-hydrogen) atoms. The van der Waals surface area contributed by atoms with Crippen LogP contribution in [0.3, 0.4) is 0 Å². The first-order valence-corrected chi connectivity index (χ1v) is 5.68. The van der Waals surface area contributed by atoms with Gasteiger partial charge in [-0.15, -0.1) is 0 Å². The molecule has 1 heterocycles. The number of benzene rings is 1. The Morgan fingerprint density at radius 2 is 1.88 bits per heavy atom. The van der Waals surface area contributed by atoms with E-state index in [0.717, 1.165) is 5.56 Å². The molecule has 1 amide bonds. The Bertz CT molecular complexity index is 324. The third kappa shape index (κ3) is 3.07. The molecule has 0 spiro atoms. The van der Waals surface area contributed by atoms with Crippen LogP contribution in [0.15, 0.2) is 30.3 Å². The molecule has 1 saturated heterocycles. The lowest BCUT2D eigenvalue weighted by Crippen LogP contribution is -2.40. The highest BCUT2D eigenvalue weighted by atomic mass is 16.5. The first-order chi connectivity index (χ1) is 7.77. The Morgan fingerprint density at radius 3 is 2.44 bits per heavy atom. The zero-order chi connectivity index (χ0) is 12.0. The van der Waals surface area contributed by atoms with Crippen molar-refractivity contribution in [2.75, 3.05) is 20.2 Å². The lowest BCUT2D eigenvalue weighted by atomic mass is 10.1. The average molecular weight is 221 g/mol. The normalized spacial score (nSPS) is 20.1. The minimum Gasteiger partial charge on any atom is -0.362 e. The predicted octanol–water partition coefficient (Wildman–Crippen LogP) is 2.24. The topological polar surface area (TPSA) is 29.5 Å². The third-order valence-corrected chi connectivity index (χ3v) is 2.44. The summed E-state index contributed by atoms with van der Waals surface area (Å²) in [4.78, 5) is 12.9. The van der Waals surface area contributed by atoms with Crippen molar-refractivity contribution in [3.8, 4) is 0 Å². The van der Waals surface area contributed by atoms with Gasteiger partial charge in [0.15, 0.2) is 0 Å². The summed E-state index contributed by atoms with van der Waals surface area (Å²) in [5, 5.41) is 0. The molecule has 0 N–H and O–H groups in total. The maximum atomic E-state index is 11.2. The summed E-state index contributed by atoms with van der Waals surface area (Å²) in [5.74, 6) is 0.0529. The van der Waals surface area contributed by atoms with Crippen LogP contribution in [0.25, 0.3) is 0 Å². The van der Waals surface area contributed by atoms with E-state index < -0.39 is 0 Å². The van der Waals surface area contributed by atoms with Gasteiger partial charge in [0.1, 0.15) is 12.7 Å². The molecule has 3 heteroatoms. The number of carbonyl (C=O) groups excluding carboxylic acids is 1. The van der Waals surface area contributed by atoms with Crippen molar-refractivity contribution in [2.24, 2.45) is 0 Å². The maximum Gasteiger partial charge on any atom is 0.248 e. The molecule has 1 aromatic carbocycles. The van der Waals surface area contributed by atoms with Gasteiger partial charge in [-0.1, -0.05) is 44.2 Å². The number of likely N-dealkylation sites (N-methyl/N-ethyl adjacent to an activating group) is 1. The number of ether oxygens (including phenoxy) is 1. The van der Waals surface area contributed by atoms with Gasteiger partial charge in [-0.05, 0) is 5.56 Å². The van der Waals surface area contributed by atoms with Gasteiger partial charge in [-0.3, -0.25) is 4.79 Å². The largest absolute Gasteiger partial charge is 0.362 e. The van der Waals surface area contributed by atoms with Crippen molar-refractivity contribution in [2.45, 2.75) is 20.0 Å². The maximum absolute atomic E-state index is 11.2. The van der Waals surface area contributed by atoms with Crippen LogP contribution < -0.4 is 0 Å². The second kappa shape index (κ2) is 6.28. The monoisotopic (exact) mass is 221 g/mol. The van der Waals surface area contributed by atoms with Crippen molar-refractivity contribution in [1.29, 1.82) is 0 Å². The molecule has 1 unspecified atom stereocenters. The van der Waals surface area contributed by atoms with E-state index in [9.17, 15) is 4.79 Å². The van der Waals surface area contributed by atoms with Crippen LogP contribution in [0.4, 0.5) is 0 Å². The van der Waals surface area contributed by atoms with Gasteiger partial charge in [-0.2, -0.15) is 0 Å². The predicted molar refractivity (Wildman–Crippen MR) is 64.1 cm³/mol. The fraction of sp³-hybridized carbons (Fsp3) is 0.462. The Labute approximate surface area is 97.0 Å². The van der Waals surface area contributed by atoms with E-state index in [-0.39, 0.29) is 18.6 Å². The van der Waals surface area contributed by atoms with Gasteiger partial charge in [0.2, 0.25) is 5.91 Å². The third-order valence-electron chi connectivity index (χ3n) is 2.44. The van der Waals surface area contributed by atoms with Crippen molar-refractivity contribution in [1.82, 2.24) is 4.90 Å². The van der Waals surface area contributed by atoms with Gasteiger partial charge < -0.3 is 9.64 Å². The Balaban J connectivity index is 0.000000606. The van der Waals surface area contributed by atoms with E-state index in [1.807, 2.05) is 44.2 Å². The summed E-state index contributed by atoms with van der Waals surface area (Å²) < 4.78 is 5.46. The lowest BCUT2D eigenvalue weighted by molar-refractivity contribution is -0.147. The molecule has 1 aliphatic rings. The van der Waals surface area contributed by atoms with Crippen LogP contribution in [0.5, 0.6) is 0 Å². The summed E-state index contributed by atoms with van der Waals surface area (Å²) in [6.45, 7) is 4.83.